The van der Waals surface area contributed by atoms with E-state index in [2.05, 4.69) is 38.8 Å². The van der Waals surface area contributed by atoms with Gasteiger partial charge in [-0.05, 0) is 70.9 Å². The second kappa shape index (κ2) is 11.1. The number of carbonyl (C=O) groups is 1. The molecule has 10 atom stereocenters. The molecule has 4 rings (SSSR count). The largest absolute Gasteiger partial charge is 0.380 e. The number of piperidine rings is 1. The molecule has 3 heterocycles. The summed E-state index contributed by atoms with van der Waals surface area (Å²) in [4.78, 5) is 12.8. The summed E-state index contributed by atoms with van der Waals surface area (Å²) in [7, 11) is 1.81. The van der Waals surface area contributed by atoms with Gasteiger partial charge in [-0.1, -0.05) is 6.92 Å². The maximum absolute atomic E-state index is 12.8. The summed E-state index contributed by atoms with van der Waals surface area (Å²) in [6.45, 7) is 9.24. The molecule has 1 saturated carbocycles. The lowest BCUT2D eigenvalue weighted by Gasteiger charge is -2.43. The molecule has 0 aromatic carbocycles. The van der Waals surface area contributed by atoms with Gasteiger partial charge in [0.15, 0.2) is 0 Å². The van der Waals surface area contributed by atoms with Gasteiger partial charge in [0.2, 0.25) is 5.91 Å². The summed E-state index contributed by atoms with van der Waals surface area (Å²) in [6, 6.07) is 0.771. The molecule has 9 heteroatoms. The van der Waals surface area contributed by atoms with Gasteiger partial charge < -0.3 is 20.1 Å². The third kappa shape index (κ3) is 6.00. The van der Waals surface area contributed by atoms with Gasteiger partial charge in [-0.25, -0.2) is 0 Å². The first-order valence-corrected chi connectivity index (χ1v) is 12.6. The minimum atomic E-state index is -0.266. The third-order valence-corrected chi connectivity index (χ3v) is 7.94. The second-order valence-corrected chi connectivity index (χ2v) is 10.4. The van der Waals surface area contributed by atoms with Crippen LogP contribution in [-0.2, 0) is 14.3 Å². The van der Waals surface area contributed by atoms with E-state index >= 15 is 0 Å². The smallest absolute Gasteiger partial charge is 0.240 e. The van der Waals surface area contributed by atoms with Crippen LogP contribution < -0.4 is 31.9 Å². The molecular formula is C23H44N6O3. The first-order chi connectivity index (χ1) is 15.4. The molecule has 9 nitrogen and oxygen atoms in total. The van der Waals surface area contributed by atoms with Crippen molar-refractivity contribution in [2.45, 2.75) is 102 Å². The van der Waals surface area contributed by atoms with Crippen LogP contribution in [0.15, 0.2) is 0 Å². The summed E-state index contributed by atoms with van der Waals surface area (Å²) in [5.41, 5.74) is 0. The van der Waals surface area contributed by atoms with Crippen molar-refractivity contribution in [2.75, 3.05) is 26.7 Å². The van der Waals surface area contributed by atoms with Gasteiger partial charge in [-0.3, -0.25) is 26.1 Å². The molecule has 6 N–H and O–H groups in total. The van der Waals surface area contributed by atoms with Crippen LogP contribution in [0.2, 0.25) is 0 Å². The van der Waals surface area contributed by atoms with E-state index in [1.54, 1.807) is 0 Å². The molecule has 1 aliphatic carbocycles. The van der Waals surface area contributed by atoms with Crippen LogP contribution in [0.1, 0.15) is 52.9 Å². The minimum absolute atomic E-state index is 0.0617. The highest BCUT2D eigenvalue weighted by Gasteiger charge is 2.38. The van der Waals surface area contributed by atoms with Crippen molar-refractivity contribution in [3.8, 4) is 0 Å². The van der Waals surface area contributed by atoms with Gasteiger partial charge >= 0.3 is 0 Å². The lowest BCUT2D eigenvalue weighted by Crippen LogP contribution is -2.66. The maximum Gasteiger partial charge on any atom is 0.240 e. The summed E-state index contributed by atoms with van der Waals surface area (Å²) >= 11 is 0. The van der Waals surface area contributed by atoms with Crippen LogP contribution in [0.5, 0.6) is 0 Å². The van der Waals surface area contributed by atoms with Crippen LogP contribution in [0, 0.1) is 11.8 Å². The van der Waals surface area contributed by atoms with Gasteiger partial charge in [0.05, 0.1) is 12.2 Å². The predicted molar refractivity (Wildman–Crippen MR) is 124 cm³/mol. The second-order valence-electron chi connectivity index (χ2n) is 10.4. The number of hydrogen-bond acceptors (Lipinski definition) is 8. The van der Waals surface area contributed by atoms with Gasteiger partial charge in [0.1, 0.15) is 18.6 Å². The number of rotatable bonds is 6. The fourth-order valence-electron chi connectivity index (χ4n) is 5.95. The minimum Gasteiger partial charge on any atom is -0.380 e. The van der Waals surface area contributed by atoms with Crippen molar-refractivity contribution in [1.29, 1.82) is 0 Å². The molecule has 4 fully saturated rings. The number of ether oxygens (including phenoxy) is 2. The van der Waals surface area contributed by atoms with Crippen molar-refractivity contribution in [3.63, 3.8) is 0 Å². The number of hydrogen-bond donors (Lipinski definition) is 6. The average Bonchev–Trinajstić information content (AvgIpc) is 3.14. The number of amides is 1. The van der Waals surface area contributed by atoms with E-state index in [-0.39, 0.29) is 36.6 Å². The van der Waals surface area contributed by atoms with E-state index in [1.807, 2.05) is 21.0 Å². The normalized spacial score (nSPS) is 45.5. The molecule has 0 aromatic rings. The SMILES string of the molecule is COC1CNCC(C2CCNC(NC3CC(NC(=O)C4NC(C)OC4C)CCC3C)N2)C1. The molecule has 184 valence electrons. The monoisotopic (exact) mass is 452 g/mol. The van der Waals surface area contributed by atoms with Gasteiger partial charge in [-0.2, -0.15) is 0 Å². The predicted octanol–water partition coefficient (Wildman–Crippen LogP) is -0.168. The van der Waals surface area contributed by atoms with E-state index in [9.17, 15) is 4.79 Å². The molecule has 0 radical (unpaired) electrons. The number of methoxy groups -OCH3 is 1. The van der Waals surface area contributed by atoms with Gasteiger partial charge in [-0.15, -0.1) is 0 Å². The number of nitrogens with one attached hydrogen (secondary N) is 6. The topological polar surface area (TPSA) is 108 Å². The van der Waals surface area contributed by atoms with E-state index in [4.69, 9.17) is 9.47 Å². The van der Waals surface area contributed by atoms with E-state index in [0.717, 1.165) is 51.7 Å². The third-order valence-electron chi connectivity index (χ3n) is 7.94. The summed E-state index contributed by atoms with van der Waals surface area (Å²) < 4.78 is 11.3. The zero-order chi connectivity index (χ0) is 22.7. The van der Waals surface area contributed by atoms with Crippen molar-refractivity contribution < 1.29 is 14.3 Å². The molecule has 32 heavy (non-hydrogen) atoms. The highest BCUT2D eigenvalue weighted by Crippen LogP contribution is 2.26. The molecule has 0 bridgehead atoms. The Balaban J connectivity index is 1.27. The van der Waals surface area contributed by atoms with Crippen molar-refractivity contribution in [3.05, 3.63) is 0 Å². The van der Waals surface area contributed by atoms with Gasteiger partial charge in [0.25, 0.3) is 0 Å². The fourth-order valence-corrected chi connectivity index (χ4v) is 5.95. The van der Waals surface area contributed by atoms with Crippen LogP contribution in [0.4, 0.5) is 0 Å². The zero-order valence-corrected chi connectivity index (χ0v) is 20.2. The fraction of sp³-hybridized carbons (Fsp3) is 0.957. The molecule has 3 aliphatic heterocycles. The summed E-state index contributed by atoms with van der Waals surface area (Å²) in [6.07, 6.45) is 5.58. The Morgan fingerprint density at radius 1 is 1.06 bits per heavy atom. The average molecular weight is 453 g/mol. The quantitative estimate of drug-likeness (QED) is 0.330. The lowest BCUT2D eigenvalue weighted by molar-refractivity contribution is -0.124. The molecule has 0 aromatic heterocycles. The Hall–Kier alpha value is -0.810. The van der Waals surface area contributed by atoms with E-state index in [0.29, 0.717) is 30.0 Å². The lowest BCUT2D eigenvalue weighted by atomic mass is 9.82. The summed E-state index contributed by atoms with van der Waals surface area (Å²) in [5.74, 6) is 1.22. The molecule has 1 amide bonds. The first-order valence-electron chi connectivity index (χ1n) is 12.6. The van der Waals surface area contributed by atoms with Crippen molar-refractivity contribution in [2.24, 2.45) is 11.8 Å². The Kier molecular flexibility index (Phi) is 8.42. The van der Waals surface area contributed by atoms with Crippen LogP contribution in [0.25, 0.3) is 0 Å². The van der Waals surface area contributed by atoms with Crippen molar-refractivity contribution >= 4 is 5.91 Å². The molecular weight excluding hydrogens is 408 g/mol. The Morgan fingerprint density at radius 3 is 2.66 bits per heavy atom. The van der Waals surface area contributed by atoms with Crippen LogP contribution >= 0.6 is 0 Å². The van der Waals surface area contributed by atoms with E-state index < -0.39 is 0 Å². The standard InChI is InChI=1S/C23H44N6O3/c1-13-5-6-17(27-22(30)21-14(2)32-15(3)26-21)10-20(13)29-23-25-8-7-19(28-23)16-9-18(31-4)12-24-11-16/h13-21,23-26,28-29H,5-12H2,1-4H3,(H,27,30). The Bertz CT molecular complexity index is 625. The highest BCUT2D eigenvalue weighted by molar-refractivity contribution is 5.83. The Labute approximate surface area is 192 Å². The first kappa shape index (κ1) is 24.3. The zero-order valence-electron chi connectivity index (χ0n) is 20.2. The maximum atomic E-state index is 12.8. The van der Waals surface area contributed by atoms with Crippen LogP contribution in [-0.4, -0.2) is 81.5 Å². The molecule has 3 saturated heterocycles. The summed E-state index contributed by atoms with van der Waals surface area (Å²) in [5, 5.41) is 21.3. The molecule has 10 unspecified atom stereocenters. The van der Waals surface area contributed by atoms with Gasteiger partial charge in [0, 0.05) is 31.8 Å². The molecule has 0 spiro atoms. The Morgan fingerprint density at radius 2 is 1.91 bits per heavy atom. The highest BCUT2D eigenvalue weighted by atomic mass is 16.5. The molecule has 4 aliphatic rings. The van der Waals surface area contributed by atoms with Crippen LogP contribution in [0.3, 0.4) is 0 Å². The number of carbonyl (C=O) groups excluding carboxylic acids is 1. The van der Waals surface area contributed by atoms with E-state index in [1.165, 1.54) is 0 Å². The van der Waals surface area contributed by atoms with Crippen molar-refractivity contribution in [1.82, 2.24) is 31.9 Å².